The van der Waals surface area contributed by atoms with Crippen molar-refractivity contribution in [3.8, 4) is 11.8 Å². The first-order valence-electron chi connectivity index (χ1n) is 5.25. The molecule has 0 amide bonds. The van der Waals surface area contributed by atoms with E-state index < -0.39 is 0 Å². The molecule has 1 heteroatoms. The number of hydrogen-bond donors (Lipinski definition) is 0. The van der Waals surface area contributed by atoms with Crippen LogP contribution in [0, 0.1) is 17.8 Å². The molecule has 0 fully saturated rings. The second-order valence-corrected chi connectivity index (χ2v) is 3.35. The van der Waals surface area contributed by atoms with Crippen molar-refractivity contribution in [3.63, 3.8) is 0 Å². The minimum Gasteiger partial charge on any atom is -0.295 e. The summed E-state index contributed by atoms with van der Waals surface area (Å²) in [6.07, 6.45) is 1.27. The summed E-state index contributed by atoms with van der Waals surface area (Å²) in [7, 11) is 2.12. The van der Waals surface area contributed by atoms with Gasteiger partial charge in [-0.2, -0.15) is 0 Å². The van der Waals surface area contributed by atoms with Crippen molar-refractivity contribution in [3.05, 3.63) is 0 Å². The van der Waals surface area contributed by atoms with Crippen molar-refractivity contribution < 1.29 is 0 Å². The zero-order chi connectivity index (χ0) is 10.7. The molecule has 0 aromatic heterocycles. The summed E-state index contributed by atoms with van der Waals surface area (Å²) in [4.78, 5) is 2.26. The van der Waals surface area contributed by atoms with Crippen LogP contribution in [0.3, 0.4) is 0 Å². The Kier molecular flexibility index (Phi) is 13.3. The quantitative estimate of drug-likeness (QED) is 0.606. The average molecular weight is 183 g/mol. The van der Waals surface area contributed by atoms with Gasteiger partial charge in [0.2, 0.25) is 0 Å². The summed E-state index contributed by atoms with van der Waals surface area (Å²) >= 11 is 0. The van der Waals surface area contributed by atoms with E-state index in [1.165, 1.54) is 6.42 Å². The predicted octanol–water partition coefficient (Wildman–Crippen LogP) is 3.01. The van der Waals surface area contributed by atoms with E-state index in [-0.39, 0.29) is 0 Å². The lowest BCUT2D eigenvalue weighted by Crippen LogP contribution is -2.20. The van der Waals surface area contributed by atoms with Crippen molar-refractivity contribution in [2.75, 3.05) is 20.1 Å². The summed E-state index contributed by atoms with van der Waals surface area (Å²) in [6, 6.07) is 0. The highest BCUT2D eigenvalue weighted by Gasteiger charge is 1.97. The van der Waals surface area contributed by atoms with Crippen LogP contribution in [-0.2, 0) is 0 Å². The van der Waals surface area contributed by atoms with Gasteiger partial charge in [0.25, 0.3) is 0 Å². The molecule has 13 heavy (non-hydrogen) atoms. The van der Waals surface area contributed by atoms with E-state index in [1.54, 1.807) is 0 Å². The summed E-state index contributed by atoms with van der Waals surface area (Å²) < 4.78 is 0. The fraction of sp³-hybridized carbons (Fsp3) is 0.833. The van der Waals surface area contributed by atoms with Crippen molar-refractivity contribution in [2.24, 2.45) is 5.92 Å². The maximum absolute atomic E-state index is 3.05. The van der Waals surface area contributed by atoms with E-state index in [9.17, 15) is 0 Å². The molecule has 0 bridgehead atoms. The monoisotopic (exact) mass is 183 g/mol. The van der Waals surface area contributed by atoms with E-state index in [0.29, 0.717) is 0 Å². The number of nitrogens with zero attached hydrogens (tertiary/aromatic N) is 1. The van der Waals surface area contributed by atoms with Gasteiger partial charge in [-0.3, -0.25) is 4.90 Å². The second-order valence-electron chi connectivity index (χ2n) is 3.35. The summed E-state index contributed by atoms with van der Waals surface area (Å²) in [5, 5.41) is 0. The maximum Gasteiger partial charge on any atom is 0.0598 e. The highest BCUT2D eigenvalue weighted by atomic mass is 15.1. The Morgan fingerprint density at radius 3 is 2.15 bits per heavy atom. The van der Waals surface area contributed by atoms with Crippen LogP contribution in [0.2, 0.25) is 0 Å². The van der Waals surface area contributed by atoms with Gasteiger partial charge in [-0.05, 0) is 32.9 Å². The maximum atomic E-state index is 3.05. The van der Waals surface area contributed by atoms with Crippen LogP contribution in [0.25, 0.3) is 0 Å². The topological polar surface area (TPSA) is 3.24 Å². The lowest BCUT2D eigenvalue weighted by Gasteiger charge is -2.14. The van der Waals surface area contributed by atoms with Gasteiger partial charge in [-0.15, -0.1) is 5.92 Å². The van der Waals surface area contributed by atoms with Crippen LogP contribution in [0.4, 0.5) is 0 Å². The Labute approximate surface area is 84.5 Å². The molecule has 0 saturated heterocycles. The first-order valence-corrected chi connectivity index (χ1v) is 5.25. The average Bonchev–Trinajstić information content (AvgIpc) is 2.14. The van der Waals surface area contributed by atoms with Crippen LogP contribution in [0.1, 0.15) is 41.0 Å². The van der Waals surface area contributed by atoms with E-state index in [1.807, 2.05) is 20.8 Å². The van der Waals surface area contributed by atoms with Gasteiger partial charge in [0.1, 0.15) is 0 Å². The smallest absolute Gasteiger partial charge is 0.0598 e. The van der Waals surface area contributed by atoms with E-state index in [0.717, 1.165) is 19.0 Å². The van der Waals surface area contributed by atoms with Crippen LogP contribution in [0.5, 0.6) is 0 Å². The van der Waals surface area contributed by atoms with Gasteiger partial charge >= 0.3 is 0 Å². The molecule has 0 N–H and O–H groups in total. The van der Waals surface area contributed by atoms with Crippen LogP contribution in [-0.4, -0.2) is 25.0 Å². The minimum absolute atomic E-state index is 0.798. The third-order valence-electron chi connectivity index (χ3n) is 1.61. The highest BCUT2D eigenvalue weighted by molar-refractivity contribution is 4.97. The molecule has 0 heterocycles. The molecule has 1 nitrogen and oxygen atoms in total. The molecule has 0 aromatic rings. The van der Waals surface area contributed by atoms with Gasteiger partial charge in [-0.1, -0.05) is 33.6 Å². The largest absolute Gasteiger partial charge is 0.295 e. The number of rotatable bonds is 4. The molecule has 0 unspecified atom stereocenters. The SMILES string of the molecule is CC.CC#CCN(C)CCC(C)C. The van der Waals surface area contributed by atoms with E-state index in [4.69, 9.17) is 0 Å². The minimum atomic E-state index is 0.798. The predicted molar refractivity (Wildman–Crippen MR) is 61.8 cm³/mol. The van der Waals surface area contributed by atoms with Gasteiger partial charge < -0.3 is 0 Å². The molecular formula is C12H25N. The standard InChI is InChI=1S/C10H19N.C2H6/c1-5-6-8-11(4)9-7-10(2)3;1-2/h10H,7-9H2,1-4H3;1-2H3. The second kappa shape index (κ2) is 11.5. The lowest BCUT2D eigenvalue weighted by molar-refractivity contribution is 0.344. The van der Waals surface area contributed by atoms with Crippen molar-refractivity contribution >= 4 is 0 Å². The van der Waals surface area contributed by atoms with Crippen LogP contribution >= 0.6 is 0 Å². The molecule has 0 spiro atoms. The first-order chi connectivity index (χ1) is 6.16. The molecule has 78 valence electrons. The Hall–Kier alpha value is -0.480. The third-order valence-corrected chi connectivity index (χ3v) is 1.61. The number of hydrogen-bond acceptors (Lipinski definition) is 1. The normalized spacial score (nSPS) is 8.92. The highest BCUT2D eigenvalue weighted by Crippen LogP contribution is 1.99. The fourth-order valence-corrected chi connectivity index (χ4v) is 0.772. The molecule has 0 rings (SSSR count). The Bertz CT molecular complexity index is 139. The Morgan fingerprint density at radius 2 is 1.77 bits per heavy atom. The van der Waals surface area contributed by atoms with E-state index >= 15 is 0 Å². The summed E-state index contributed by atoms with van der Waals surface area (Å²) in [5.74, 6) is 6.74. The molecule has 0 aliphatic carbocycles. The lowest BCUT2D eigenvalue weighted by atomic mass is 10.1. The van der Waals surface area contributed by atoms with Crippen LogP contribution < -0.4 is 0 Å². The van der Waals surface area contributed by atoms with Crippen LogP contribution in [0.15, 0.2) is 0 Å². The Balaban J connectivity index is 0. The van der Waals surface area contributed by atoms with E-state index in [2.05, 4.69) is 37.6 Å². The zero-order valence-electron chi connectivity index (χ0n) is 10.1. The van der Waals surface area contributed by atoms with Crippen molar-refractivity contribution in [2.45, 2.75) is 41.0 Å². The molecule has 0 aliphatic heterocycles. The Morgan fingerprint density at radius 1 is 1.23 bits per heavy atom. The fourth-order valence-electron chi connectivity index (χ4n) is 0.772. The van der Waals surface area contributed by atoms with Gasteiger partial charge in [0, 0.05) is 0 Å². The van der Waals surface area contributed by atoms with Gasteiger partial charge in [0.05, 0.1) is 6.54 Å². The molecule has 0 aliphatic rings. The molecule has 0 atom stereocenters. The van der Waals surface area contributed by atoms with Gasteiger partial charge in [0.15, 0.2) is 0 Å². The summed E-state index contributed by atoms with van der Waals surface area (Å²) in [5.41, 5.74) is 0. The summed E-state index contributed by atoms with van der Waals surface area (Å²) in [6.45, 7) is 12.4. The van der Waals surface area contributed by atoms with Crippen molar-refractivity contribution in [1.82, 2.24) is 4.90 Å². The third kappa shape index (κ3) is 14.4. The molecular weight excluding hydrogens is 158 g/mol. The van der Waals surface area contributed by atoms with Crippen molar-refractivity contribution in [1.29, 1.82) is 0 Å². The molecule has 0 aromatic carbocycles. The molecule has 0 saturated carbocycles. The molecule has 0 radical (unpaired) electrons. The first kappa shape index (κ1) is 15.0. The van der Waals surface area contributed by atoms with Gasteiger partial charge in [-0.25, -0.2) is 0 Å². The zero-order valence-corrected chi connectivity index (χ0v) is 10.1.